The molecule has 0 spiro atoms. The summed E-state index contributed by atoms with van der Waals surface area (Å²) in [5, 5.41) is 2.37. The Hall–Kier alpha value is -5.92. The van der Waals surface area contributed by atoms with E-state index in [0.29, 0.717) is 16.3 Å². The Morgan fingerprint density at radius 3 is 1.62 bits per heavy atom. The Kier molecular flexibility index (Phi) is 3.39. The van der Waals surface area contributed by atoms with E-state index >= 15 is 0 Å². The number of benzene rings is 8. The molecule has 0 amide bonds. The van der Waals surface area contributed by atoms with Crippen molar-refractivity contribution < 1.29 is 25.0 Å². The third-order valence-corrected chi connectivity index (χ3v) is 7.93. The van der Waals surface area contributed by atoms with Crippen LogP contribution in [0.2, 0.25) is 0 Å². The zero-order chi connectivity index (χ0) is 42.8. The van der Waals surface area contributed by atoms with Gasteiger partial charge in [-0.1, -0.05) is 157 Å². The van der Waals surface area contributed by atoms with Gasteiger partial charge in [0.2, 0.25) is 0 Å². The molecule has 0 aliphatic rings. The van der Waals surface area contributed by atoms with Crippen LogP contribution in [0.25, 0.3) is 88.0 Å². The maximum Gasteiger partial charge on any atom is 0.143 e. The molecular formula is C44H28O. The number of hydrogen-bond acceptors (Lipinski definition) is 1. The van der Waals surface area contributed by atoms with Crippen LogP contribution in [0.5, 0.6) is 0 Å². The van der Waals surface area contributed by atoms with Crippen molar-refractivity contribution in [3.63, 3.8) is 0 Å². The second-order valence-corrected chi connectivity index (χ2v) is 10.5. The zero-order valence-corrected chi connectivity index (χ0v) is 23.4. The summed E-state index contributed by atoms with van der Waals surface area (Å²) in [6.45, 7) is 0. The van der Waals surface area contributed by atoms with Crippen LogP contribution < -0.4 is 0 Å². The predicted octanol–water partition coefficient (Wildman–Crippen LogP) is 12.6. The van der Waals surface area contributed by atoms with Gasteiger partial charge in [-0.05, 0) is 72.6 Å². The molecule has 1 aromatic heterocycles. The molecule has 0 aliphatic heterocycles. The quantitative estimate of drug-likeness (QED) is 0.187. The first-order valence-corrected chi connectivity index (χ1v) is 14.2. The zero-order valence-electron chi connectivity index (χ0n) is 38.4. The monoisotopic (exact) mass is 587 g/mol. The van der Waals surface area contributed by atoms with Gasteiger partial charge in [0.25, 0.3) is 0 Å². The molecule has 0 unspecified atom stereocenters. The highest BCUT2D eigenvalue weighted by Crippen LogP contribution is 2.44. The van der Waals surface area contributed by atoms with Gasteiger partial charge in [0, 0.05) is 16.3 Å². The molecule has 0 atom stereocenters. The highest BCUT2D eigenvalue weighted by Gasteiger charge is 2.17. The van der Waals surface area contributed by atoms with Crippen molar-refractivity contribution in [3.8, 4) is 44.5 Å². The first kappa shape index (κ1) is 14.7. The smallest absolute Gasteiger partial charge is 0.143 e. The molecule has 0 saturated heterocycles. The summed E-state index contributed by atoms with van der Waals surface area (Å²) < 4.78 is 139. The van der Waals surface area contributed by atoms with Gasteiger partial charge in [0.15, 0.2) is 0 Å². The summed E-state index contributed by atoms with van der Waals surface area (Å²) in [6.07, 6.45) is 0. The van der Waals surface area contributed by atoms with E-state index in [9.17, 15) is 5.48 Å². The third-order valence-electron chi connectivity index (χ3n) is 7.93. The molecule has 9 rings (SSSR count). The largest absolute Gasteiger partial charge is 0.455 e. The van der Waals surface area contributed by atoms with Crippen LogP contribution in [-0.4, -0.2) is 0 Å². The van der Waals surface area contributed by atoms with Crippen LogP contribution in [0, 0.1) is 0 Å². The van der Waals surface area contributed by atoms with Crippen LogP contribution in [0.15, 0.2) is 174 Å². The van der Waals surface area contributed by atoms with Gasteiger partial charge in [0.05, 0.1) is 20.6 Å². The van der Waals surface area contributed by atoms with Gasteiger partial charge in [-0.2, -0.15) is 0 Å². The average molecular weight is 588 g/mol. The minimum Gasteiger partial charge on any atom is -0.455 e. The number of rotatable bonds is 4. The lowest BCUT2D eigenvalue weighted by Gasteiger charge is -2.18. The summed E-state index contributed by atoms with van der Waals surface area (Å²) in [6, 6.07) is 15.0. The SMILES string of the molecule is [2H]c1c([2H])c([2H])c(-c2c([2H])c([2H])c3c(oc4c(-c5c([2H])c([2H])c(-c6c7ccccc7c(-c7ccccc7)c7ccccc67)c([2H])c5[2H])c([2H])c([2H])c([2H])c43)c2[2H])c([2H])c1[2H]. The predicted molar refractivity (Wildman–Crippen MR) is 190 cm³/mol. The second-order valence-electron chi connectivity index (χ2n) is 10.5. The Bertz CT molecular complexity index is 3260. The van der Waals surface area contributed by atoms with Crippen LogP contribution in [0.3, 0.4) is 0 Å². The molecule has 0 bridgehead atoms. The van der Waals surface area contributed by atoms with E-state index in [1.54, 1.807) is 0 Å². The highest BCUT2D eigenvalue weighted by atomic mass is 16.3. The number of fused-ring (bicyclic) bond motifs is 5. The normalized spacial score (nSPS) is 16.2. The lowest BCUT2D eigenvalue weighted by molar-refractivity contribution is 0.670. The van der Waals surface area contributed by atoms with Crippen molar-refractivity contribution in [2.75, 3.05) is 0 Å². The molecule has 1 nitrogen and oxygen atoms in total. The van der Waals surface area contributed by atoms with Gasteiger partial charge in [0.1, 0.15) is 11.2 Å². The molecule has 8 aromatic carbocycles. The number of furan rings is 1. The van der Waals surface area contributed by atoms with Crippen molar-refractivity contribution in [1.29, 1.82) is 0 Å². The molecule has 1 heteroatoms. The topological polar surface area (TPSA) is 13.1 Å². The summed E-state index contributed by atoms with van der Waals surface area (Å²) in [5.41, 5.74) is -0.437. The third kappa shape index (κ3) is 4.17. The van der Waals surface area contributed by atoms with Crippen molar-refractivity contribution in [2.45, 2.75) is 0 Å². The average Bonchev–Trinajstić information content (AvgIpc) is 3.66. The molecule has 9 aromatic rings. The first-order valence-electron chi connectivity index (χ1n) is 21.7. The van der Waals surface area contributed by atoms with E-state index in [-0.39, 0.29) is 16.3 Å². The van der Waals surface area contributed by atoms with Crippen molar-refractivity contribution in [2.24, 2.45) is 0 Å². The van der Waals surface area contributed by atoms with Gasteiger partial charge < -0.3 is 4.42 Å². The fourth-order valence-electron chi connectivity index (χ4n) is 5.97. The Labute approximate surface area is 282 Å². The minimum absolute atomic E-state index is 0.0136. The van der Waals surface area contributed by atoms with Crippen molar-refractivity contribution in [3.05, 3.63) is 169 Å². The second kappa shape index (κ2) is 10.4. The fraction of sp³-hybridized carbons (Fsp3) is 0. The van der Waals surface area contributed by atoms with E-state index in [4.69, 9.17) is 19.5 Å². The van der Waals surface area contributed by atoms with E-state index in [0.717, 1.165) is 21.9 Å². The Morgan fingerprint density at radius 2 is 0.956 bits per heavy atom. The van der Waals surface area contributed by atoms with Gasteiger partial charge in [-0.25, -0.2) is 0 Å². The standard InChI is InChI=1S/C44H28O/c1-3-12-29(13-4-1)33-26-27-35-40-21-11-20-34(44(40)45-41(35)28-33)30-22-24-32(25-23-30)43-38-18-9-7-16-36(38)42(31-14-5-2-6-15-31)37-17-8-10-19-39(37)43/h1-28H/i1D,3D,4D,11D,12D,13D,20D,21D,22D,23D,24D,25D,26D,27D,28D. The van der Waals surface area contributed by atoms with E-state index < -0.39 is 124 Å². The number of hydrogen-bond donors (Lipinski definition) is 0. The summed E-state index contributed by atoms with van der Waals surface area (Å²) in [4.78, 5) is 0. The van der Waals surface area contributed by atoms with Crippen LogP contribution >= 0.6 is 0 Å². The molecule has 0 aliphatic carbocycles. The molecule has 210 valence electrons. The minimum atomic E-state index is -0.727. The summed E-state index contributed by atoms with van der Waals surface area (Å²) in [5.74, 6) is 0. The van der Waals surface area contributed by atoms with Gasteiger partial charge in [-0.3, -0.25) is 0 Å². The van der Waals surface area contributed by atoms with E-state index in [2.05, 4.69) is 0 Å². The molecule has 1 heterocycles. The summed E-state index contributed by atoms with van der Waals surface area (Å²) >= 11 is 0. The summed E-state index contributed by atoms with van der Waals surface area (Å²) in [7, 11) is 0. The van der Waals surface area contributed by atoms with Crippen LogP contribution in [0.1, 0.15) is 20.6 Å². The maximum absolute atomic E-state index is 9.49. The maximum atomic E-state index is 9.49. The van der Waals surface area contributed by atoms with Gasteiger partial charge in [-0.15, -0.1) is 0 Å². The van der Waals surface area contributed by atoms with E-state index in [1.165, 1.54) is 0 Å². The Balaban J connectivity index is 1.37. The molecular weight excluding hydrogens is 544 g/mol. The van der Waals surface area contributed by atoms with Crippen molar-refractivity contribution in [1.82, 2.24) is 0 Å². The molecule has 0 fully saturated rings. The van der Waals surface area contributed by atoms with Crippen LogP contribution in [0.4, 0.5) is 0 Å². The van der Waals surface area contributed by atoms with Crippen LogP contribution in [-0.2, 0) is 0 Å². The fourth-order valence-corrected chi connectivity index (χ4v) is 5.97. The molecule has 0 radical (unpaired) electrons. The lowest BCUT2D eigenvalue weighted by Crippen LogP contribution is -1.90. The van der Waals surface area contributed by atoms with E-state index in [1.807, 2.05) is 78.9 Å². The molecule has 0 N–H and O–H groups in total. The first-order chi connectivity index (χ1) is 28.6. The lowest BCUT2D eigenvalue weighted by atomic mass is 9.85. The van der Waals surface area contributed by atoms with Crippen molar-refractivity contribution >= 4 is 43.5 Å². The highest BCUT2D eigenvalue weighted by molar-refractivity contribution is 6.21. The molecule has 0 saturated carbocycles. The Morgan fingerprint density at radius 1 is 0.378 bits per heavy atom. The number of para-hydroxylation sites is 1. The molecule has 45 heavy (non-hydrogen) atoms. The van der Waals surface area contributed by atoms with Gasteiger partial charge >= 0.3 is 0 Å².